The van der Waals surface area contributed by atoms with Crippen molar-refractivity contribution >= 4 is 5.91 Å². The van der Waals surface area contributed by atoms with E-state index in [2.05, 4.69) is 0 Å². The lowest BCUT2D eigenvalue weighted by molar-refractivity contribution is -0.147. The summed E-state index contributed by atoms with van der Waals surface area (Å²) in [6.45, 7) is 0. The molecule has 5 heteroatoms. The summed E-state index contributed by atoms with van der Waals surface area (Å²) >= 11 is 0. The van der Waals surface area contributed by atoms with Crippen LogP contribution < -0.4 is 5.73 Å². The summed E-state index contributed by atoms with van der Waals surface area (Å²) in [7, 11) is 0. The lowest BCUT2D eigenvalue weighted by atomic mass is 9.81. The maximum atomic E-state index is 12.1. The van der Waals surface area contributed by atoms with E-state index in [1.807, 2.05) is 0 Å². The Hall–Kier alpha value is -1.00. The van der Waals surface area contributed by atoms with Gasteiger partial charge in [0, 0.05) is 5.92 Å². The zero-order valence-electron chi connectivity index (χ0n) is 7.55. The summed E-state index contributed by atoms with van der Waals surface area (Å²) in [5.41, 5.74) is 5.04. The van der Waals surface area contributed by atoms with Crippen molar-refractivity contribution in [3.05, 3.63) is 12.2 Å². The van der Waals surface area contributed by atoms with Crippen molar-refractivity contribution in [2.75, 3.05) is 0 Å². The van der Waals surface area contributed by atoms with Gasteiger partial charge >= 0.3 is 6.18 Å². The van der Waals surface area contributed by atoms with E-state index in [0.717, 1.165) is 0 Å². The predicted octanol–water partition coefficient (Wildman–Crippen LogP) is 2.01. The highest BCUT2D eigenvalue weighted by Crippen LogP contribution is 2.34. The number of hydrogen-bond acceptors (Lipinski definition) is 1. The van der Waals surface area contributed by atoms with Crippen LogP contribution in [0, 0.1) is 11.8 Å². The molecule has 0 aliphatic heterocycles. The number of rotatable bonds is 2. The molecule has 1 aliphatic rings. The molecule has 14 heavy (non-hydrogen) atoms. The third kappa shape index (κ3) is 3.05. The van der Waals surface area contributed by atoms with Gasteiger partial charge in [-0.05, 0) is 18.8 Å². The fourth-order valence-electron chi connectivity index (χ4n) is 1.73. The first-order valence-corrected chi connectivity index (χ1v) is 4.43. The predicted molar refractivity (Wildman–Crippen MR) is 45.2 cm³/mol. The summed E-state index contributed by atoms with van der Waals surface area (Å²) in [5, 5.41) is 0. The minimum Gasteiger partial charge on any atom is -0.369 e. The second-order valence-electron chi connectivity index (χ2n) is 3.50. The molecule has 0 saturated carbocycles. The van der Waals surface area contributed by atoms with Gasteiger partial charge in [0.05, 0.1) is 6.42 Å². The van der Waals surface area contributed by atoms with Crippen LogP contribution in [0.3, 0.4) is 0 Å². The normalized spacial score (nSPS) is 27.6. The van der Waals surface area contributed by atoms with Gasteiger partial charge in [-0.1, -0.05) is 12.2 Å². The topological polar surface area (TPSA) is 43.1 Å². The molecule has 1 amide bonds. The number of alkyl halides is 3. The van der Waals surface area contributed by atoms with Crippen LogP contribution in [0.1, 0.15) is 19.3 Å². The molecule has 0 saturated heterocycles. The number of primary amides is 1. The van der Waals surface area contributed by atoms with E-state index in [1.165, 1.54) is 6.08 Å². The quantitative estimate of drug-likeness (QED) is 0.691. The van der Waals surface area contributed by atoms with E-state index < -0.39 is 30.3 Å². The van der Waals surface area contributed by atoms with Gasteiger partial charge in [0.25, 0.3) is 0 Å². The minimum absolute atomic E-state index is 0.423. The van der Waals surface area contributed by atoms with Crippen LogP contribution in [0.2, 0.25) is 0 Å². The largest absolute Gasteiger partial charge is 0.389 e. The molecule has 1 aliphatic carbocycles. The van der Waals surface area contributed by atoms with Crippen molar-refractivity contribution in [2.45, 2.75) is 25.4 Å². The fraction of sp³-hybridized carbons (Fsp3) is 0.667. The van der Waals surface area contributed by atoms with Crippen LogP contribution in [0.5, 0.6) is 0 Å². The molecule has 2 nitrogen and oxygen atoms in total. The van der Waals surface area contributed by atoms with Gasteiger partial charge in [0.15, 0.2) is 0 Å². The first-order chi connectivity index (χ1) is 6.40. The summed E-state index contributed by atoms with van der Waals surface area (Å²) in [4.78, 5) is 10.9. The van der Waals surface area contributed by atoms with Crippen LogP contribution in [-0.2, 0) is 4.79 Å². The Balaban J connectivity index is 2.68. The Morgan fingerprint density at radius 1 is 1.50 bits per heavy atom. The Bertz CT molecular complexity index is 247. The number of allylic oxidation sites excluding steroid dienone is 2. The van der Waals surface area contributed by atoms with Gasteiger partial charge in [-0.2, -0.15) is 13.2 Å². The average Bonchev–Trinajstić information content (AvgIpc) is 2.01. The minimum atomic E-state index is -4.24. The van der Waals surface area contributed by atoms with Gasteiger partial charge in [0.1, 0.15) is 0 Å². The molecule has 2 N–H and O–H groups in total. The molecule has 0 radical (unpaired) electrons. The van der Waals surface area contributed by atoms with Crippen molar-refractivity contribution in [3.63, 3.8) is 0 Å². The number of amides is 1. The molecule has 0 bridgehead atoms. The van der Waals surface area contributed by atoms with E-state index in [-0.39, 0.29) is 0 Å². The molecule has 0 aromatic carbocycles. The molecule has 0 spiro atoms. The van der Waals surface area contributed by atoms with E-state index >= 15 is 0 Å². The van der Waals surface area contributed by atoms with Crippen molar-refractivity contribution in [3.8, 4) is 0 Å². The van der Waals surface area contributed by atoms with Gasteiger partial charge in [0.2, 0.25) is 5.91 Å². The molecular formula is C9H12F3NO. The first-order valence-electron chi connectivity index (χ1n) is 4.43. The van der Waals surface area contributed by atoms with E-state index in [0.29, 0.717) is 12.8 Å². The number of hydrogen-bond donors (Lipinski definition) is 1. The van der Waals surface area contributed by atoms with Gasteiger partial charge < -0.3 is 5.73 Å². The highest BCUT2D eigenvalue weighted by molar-refractivity contribution is 5.77. The third-order valence-electron chi connectivity index (χ3n) is 2.38. The maximum Gasteiger partial charge on any atom is 0.389 e. The molecule has 0 heterocycles. The van der Waals surface area contributed by atoms with Crippen molar-refractivity contribution in [1.29, 1.82) is 0 Å². The summed E-state index contributed by atoms with van der Waals surface area (Å²) in [6, 6.07) is 0. The molecule has 0 aromatic heterocycles. The number of halogens is 3. The van der Waals surface area contributed by atoms with Gasteiger partial charge in [-0.3, -0.25) is 4.79 Å². The lowest BCUT2D eigenvalue weighted by Crippen LogP contribution is -2.33. The monoisotopic (exact) mass is 207 g/mol. The van der Waals surface area contributed by atoms with E-state index in [4.69, 9.17) is 5.73 Å². The molecule has 2 atom stereocenters. The molecule has 2 unspecified atom stereocenters. The van der Waals surface area contributed by atoms with Crippen molar-refractivity contribution in [1.82, 2.24) is 0 Å². The zero-order valence-corrected chi connectivity index (χ0v) is 7.55. The van der Waals surface area contributed by atoms with E-state index in [1.54, 1.807) is 6.08 Å². The van der Waals surface area contributed by atoms with Crippen LogP contribution in [0.15, 0.2) is 12.2 Å². The zero-order chi connectivity index (χ0) is 10.8. The van der Waals surface area contributed by atoms with Crippen LogP contribution in [-0.4, -0.2) is 12.1 Å². The number of nitrogens with two attached hydrogens (primary N) is 1. The van der Waals surface area contributed by atoms with Gasteiger partial charge in [-0.15, -0.1) is 0 Å². The lowest BCUT2D eigenvalue weighted by Gasteiger charge is -2.25. The first kappa shape index (κ1) is 11.1. The second kappa shape index (κ2) is 4.02. The standard InChI is InChI=1S/C9H12F3NO/c10-9(11,12)5-6-3-1-2-4-7(6)8(13)14/h1,3,6-7H,2,4-5H2,(H2,13,14). The number of carbonyl (C=O) groups is 1. The third-order valence-corrected chi connectivity index (χ3v) is 2.38. The summed E-state index contributed by atoms with van der Waals surface area (Å²) in [5.74, 6) is -2.08. The molecule has 0 aromatic rings. The van der Waals surface area contributed by atoms with Crippen molar-refractivity contribution in [2.24, 2.45) is 17.6 Å². The summed E-state index contributed by atoms with van der Waals surface area (Å²) < 4.78 is 36.3. The molecule has 80 valence electrons. The van der Waals surface area contributed by atoms with Gasteiger partial charge in [-0.25, -0.2) is 0 Å². The SMILES string of the molecule is NC(=O)C1CCC=CC1CC(F)(F)F. The Morgan fingerprint density at radius 2 is 2.14 bits per heavy atom. The molecule has 0 fully saturated rings. The smallest absolute Gasteiger partial charge is 0.369 e. The maximum absolute atomic E-state index is 12.1. The second-order valence-corrected chi connectivity index (χ2v) is 3.50. The summed E-state index contributed by atoms with van der Waals surface area (Å²) in [6.07, 6.45) is -1.02. The Labute approximate surface area is 80.0 Å². The Kier molecular flexibility index (Phi) is 3.18. The average molecular weight is 207 g/mol. The van der Waals surface area contributed by atoms with Crippen LogP contribution in [0.4, 0.5) is 13.2 Å². The molecule has 1 rings (SSSR count). The van der Waals surface area contributed by atoms with Crippen LogP contribution >= 0.6 is 0 Å². The van der Waals surface area contributed by atoms with Crippen molar-refractivity contribution < 1.29 is 18.0 Å². The highest BCUT2D eigenvalue weighted by atomic mass is 19.4. The Morgan fingerprint density at radius 3 is 2.64 bits per heavy atom. The number of carbonyl (C=O) groups excluding carboxylic acids is 1. The highest BCUT2D eigenvalue weighted by Gasteiger charge is 2.37. The fourth-order valence-corrected chi connectivity index (χ4v) is 1.73. The van der Waals surface area contributed by atoms with E-state index in [9.17, 15) is 18.0 Å². The molecular weight excluding hydrogens is 195 g/mol. The van der Waals surface area contributed by atoms with Crippen LogP contribution in [0.25, 0.3) is 0 Å².